The van der Waals surface area contributed by atoms with E-state index in [-0.39, 0.29) is 19.1 Å². The van der Waals surface area contributed by atoms with Gasteiger partial charge in [-0.15, -0.1) is 0 Å². The zero-order valence-corrected chi connectivity index (χ0v) is 25.4. The molecule has 0 aromatic heterocycles. The number of nitrogens with one attached hydrogen (secondary N) is 1. The number of nitrogens with zero attached hydrogens (tertiary/aromatic N) is 1. The summed E-state index contributed by atoms with van der Waals surface area (Å²) >= 11 is 0. The average Bonchev–Trinajstić information content (AvgIpc) is 2.96. The van der Waals surface area contributed by atoms with E-state index in [2.05, 4.69) is 5.32 Å². The molecule has 0 spiro atoms. The lowest BCUT2D eigenvalue weighted by Gasteiger charge is -2.33. The van der Waals surface area contributed by atoms with Crippen LogP contribution >= 0.6 is 0 Å². The third-order valence-corrected chi connectivity index (χ3v) is 7.12. The number of likely N-dealkylation sites (tertiary alicyclic amines) is 1. The van der Waals surface area contributed by atoms with E-state index in [1.165, 1.54) is 7.11 Å². The van der Waals surface area contributed by atoms with Crippen LogP contribution in [0.4, 0.5) is 9.59 Å². The Morgan fingerprint density at radius 1 is 0.952 bits per heavy atom. The van der Waals surface area contributed by atoms with Crippen LogP contribution in [0.15, 0.2) is 54.6 Å². The van der Waals surface area contributed by atoms with E-state index in [1.807, 2.05) is 80.3 Å². The van der Waals surface area contributed by atoms with E-state index in [1.54, 1.807) is 0 Å². The van der Waals surface area contributed by atoms with E-state index >= 15 is 0 Å². The topological polar surface area (TPSA) is 103 Å². The van der Waals surface area contributed by atoms with Crippen LogP contribution in [0.5, 0.6) is 5.75 Å². The van der Waals surface area contributed by atoms with Crippen LogP contribution in [0.25, 0.3) is 0 Å². The fraction of sp³-hybridized carbons (Fsp3) is 0.545. The number of benzene rings is 2. The lowest BCUT2D eigenvalue weighted by molar-refractivity contribution is -0.141. The van der Waals surface area contributed by atoms with Gasteiger partial charge in [-0.25, -0.2) is 9.59 Å². The molecule has 2 aromatic carbocycles. The molecule has 2 amide bonds. The molecule has 230 valence electrons. The fourth-order valence-electron chi connectivity index (χ4n) is 4.85. The quantitative estimate of drug-likeness (QED) is 0.168. The van der Waals surface area contributed by atoms with Crippen molar-refractivity contribution in [1.82, 2.24) is 10.2 Å². The Labute approximate surface area is 249 Å². The zero-order valence-electron chi connectivity index (χ0n) is 25.4. The number of unbranched alkanes of at least 4 members (excludes halogenated alkanes) is 1. The highest BCUT2D eigenvalue weighted by Gasteiger charge is 2.26. The fourth-order valence-corrected chi connectivity index (χ4v) is 4.85. The number of esters is 1. The molecule has 1 fully saturated rings. The summed E-state index contributed by atoms with van der Waals surface area (Å²) < 4.78 is 21.5. The van der Waals surface area contributed by atoms with Gasteiger partial charge in [-0.2, -0.15) is 0 Å². The van der Waals surface area contributed by atoms with E-state index in [0.717, 1.165) is 62.1 Å². The second-order valence-corrected chi connectivity index (χ2v) is 11.8. The number of carbonyl (C=O) groups excluding carboxylic acids is 3. The Morgan fingerprint density at radius 2 is 1.64 bits per heavy atom. The minimum absolute atomic E-state index is 0.0369. The number of methoxy groups -OCH3 is 1. The molecule has 0 radical (unpaired) electrons. The highest BCUT2D eigenvalue weighted by molar-refractivity contribution is 5.72. The molecule has 9 nitrogen and oxygen atoms in total. The number of piperidine rings is 1. The number of ether oxygens (including phenoxy) is 4. The van der Waals surface area contributed by atoms with Crippen LogP contribution in [0, 0.1) is 5.92 Å². The van der Waals surface area contributed by atoms with Gasteiger partial charge in [0.05, 0.1) is 20.1 Å². The Bertz CT molecular complexity index is 1110. The minimum Gasteiger partial charge on any atom is -0.494 e. The van der Waals surface area contributed by atoms with Crippen molar-refractivity contribution in [2.75, 3.05) is 26.8 Å². The molecule has 1 unspecified atom stereocenters. The van der Waals surface area contributed by atoms with Gasteiger partial charge in [0.15, 0.2) is 0 Å². The molecule has 2 aromatic rings. The van der Waals surface area contributed by atoms with Crippen molar-refractivity contribution in [1.29, 1.82) is 0 Å². The summed E-state index contributed by atoms with van der Waals surface area (Å²) in [6.07, 6.45) is 4.89. The Kier molecular flexibility index (Phi) is 13.0. The predicted molar refractivity (Wildman–Crippen MR) is 160 cm³/mol. The van der Waals surface area contributed by atoms with Crippen molar-refractivity contribution < 1.29 is 33.3 Å². The third-order valence-electron chi connectivity index (χ3n) is 7.12. The Balaban J connectivity index is 1.35. The van der Waals surface area contributed by atoms with Crippen molar-refractivity contribution in [2.24, 2.45) is 5.92 Å². The van der Waals surface area contributed by atoms with Gasteiger partial charge >= 0.3 is 18.2 Å². The zero-order chi connectivity index (χ0) is 30.4. The molecule has 0 bridgehead atoms. The molecule has 9 heteroatoms. The van der Waals surface area contributed by atoms with Crippen LogP contribution in [0.1, 0.15) is 70.4 Å². The van der Waals surface area contributed by atoms with E-state index in [4.69, 9.17) is 18.9 Å². The van der Waals surface area contributed by atoms with Gasteiger partial charge in [0.2, 0.25) is 0 Å². The predicted octanol–water partition coefficient (Wildman–Crippen LogP) is 6.28. The van der Waals surface area contributed by atoms with Crippen LogP contribution < -0.4 is 10.1 Å². The normalized spacial score (nSPS) is 14.5. The molecule has 1 aliphatic rings. The van der Waals surface area contributed by atoms with Crippen molar-refractivity contribution in [3.8, 4) is 5.75 Å². The highest BCUT2D eigenvalue weighted by atomic mass is 16.6. The number of rotatable bonds is 13. The monoisotopic (exact) mass is 582 g/mol. The van der Waals surface area contributed by atoms with Gasteiger partial charge in [0, 0.05) is 19.1 Å². The van der Waals surface area contributed by atoms with E-state index in [0.29, 0.717) is 18.9 Å². The Hall–Kier alpha value is -3.75. The number of amides is 2. The summed E-state index contributed by atoms with van der Waals surface area (Å²) in [4.78, 5) is 38.4. The van der Waals surface area contributed by atoms with Gasteiger partial charge in [-0.3, -0.25) is 4.79 Å². The largest absolute Gasteiger partial charge is 0.494 e. The molecule has 1 atom stereocenters. The molecular weight excluding hydrogens is 536 g/mol. The molecule has 42 heavy (non-hydrogen) atoms. The number of carbonyl (C=O) groups is 3. The van der Waals surface area contributed by atoms with Crippen LogP contribution in [0.2, 0.25) is 0 Å². The first-order valence-electron chi connectivity index (χ1n) is 14.8. The first-order chi connectivity index (χ1) is 20.1. The first-order valence-corrected chi connectivity index (χ1v) is 14.8. The van der Waals surface area contributed by atoms with Gasteiger partial charge < -0.3 is 29.2 Å². The van der Waals surface area contributed by atoms with E-state index < -0.39 is 23.7 Å². The summed E-state index contributed by atoms with van der Waals surface area (Å²) in [5.74, 6) is 1.01. The molecule has 1 aliphatic heterocycles. The number of alkyl carbamates (subject to hydrolysis) is 1. The maximum atomic E-state index is 12.4. The summed E-state index contributed by atoms with van der Waals surface area (Å²) in [5.41, 5.74) is 1.38. The lowest BCUT2D eigenvalue weighted by Crippen LogP contribution is -2.41. The van der Waals surface area contributed by atoms with Gasteiger partial charge in [-0.05, 0) is 82.1 Å². The molecule has 0 saturated carbocycles. The van der Waals surface area contributed by atoms with Crippen molar-refractivity contribution >= 4 is 18.2 Å². The van der Waals surface area contributed by atoms with Crippen LogP contribution in [-0.2, 0) is 32.0 Å². The summed E-state index contributed by atoms with van der Waals surface area (Å²) in [6, 6.07) is 16.6. The van der Waals surface area contributed by atoms with Gasteiger partial charge in [0.1, 0.15) is 18.0 Å². The first kappa shape index (κ1) is 32.8. The third kappa shape index (κ3) is 12.4. The maximum absolute atomic E-state index is 12.4. The van der Waals surface area contributed by atoms with E-state index in [9.17, 15) is 14.4 Å². The van der Waals surface area contributed by atoms with Gasteiger partial charge in [-0.1, -0.05) is 48.9 Å². The molecule has 1 N–H and O–H groups in total. The van der Waals surface area contributed by atoms with Crippen molar-refractivity contribution in [3.63, 3.8) is 0 Å². The molecular formula is C33H46N2O7. The van der Waals surface area contributed by atoms with Crippen LogP contribution in [0.3, 0.4) is 0 Å². The SMILES string of the molecule is COC(=O)CC(Cc1ccc(OCCCCC2CCN(C(=O)OC(C)(C)C)CC2)cc1)NC(=O)OCc1ccccc1. The lowest BCUT2D eigenvalue weighted by atomic mass is 9.92. The average molecular weight is 583 g/mol. The molecule has 1 saturated heterocycles. The molecule has 1 heterocycles. The molecule has 0 aliphatic carbocycles. The minimum atomic E-state index is -0.582. The summed E-state index contributed by atoms with van der Waals surface area (Å²) in [6.45, 7) is 7.98. The van der Waals surface area contributed by atoms with Gasteiger partial charge in [0.25, 0.3) is 0 Å². The number of hydrogen-bond acceptors (Lipinski definition) is 7. The smallest absolute Gasteiger partial charge is 0.410 e. The van der Waals surface area contributed by atoms with Crippen LogP contribution in [-0.4, -0.2) is 61.5 Å². The second-order valence-electron chi connectivity index (χ2n) is 11.8. The number of hydrogen-bond donors (Lipinski definition) is 1. The van der Waals surface area contributed by atoms with Crippen molar-refractivity contribution in [2.45, 2.75) is 84.0 Å². The summed E-state index contributed by atoms with van der Waals surface area (Å²) in [5, 5.41) is 2.79. The maximum Gasteiger partial charge on any atom is 0.410 e. The molecule has 3 rings (SSSR count). The highest BCUT2D eigenvalue weighted by Crippen LogP contribution is 2.24. The summed E-state index contributed by atoms with van der Waals surface area (Å²) in [7, 11) is 1.33. The second kappa shape index (κ2) is 16.6. The standard InChI is InChI=1S/C33H46N2O7/c1-33(2,3)42-32(38)35-19-17-25(18-20-35)10-8-9-21-40-29-15-13-26(14-16-29)22-28(23-30(36)39-4)34-31(37)41-24-27-11-6-5-7-12-27/h5-7,11-16,25,28H,8-10,17-24H2,1-4H3,(H,34,37). The Morgan fingerprint density at radius 3 is 2.29 bits per heavy atom. The van der Waals surface area contributed by atoms with Crippen molar-refractivity contribution in [3.05, 3.63) is 65.7 Å².